The summed E-state index contributed by atoms with van der Waals surface area (Å²) in [6, 6.07) is 18.8. The van der Waals surface area contributed by atoms with E-state index in [0.717, 1.165) is 11.3 Å². The van der Waals surface area contributed by atoms with Gasteiger partial charge in [0.25, 0.3) is 5.91 Å². The Balaban J connectivity index is 1.73. The second kappa shape index (κ2) is 8.11. The van der Waals surface area contributed by atoms with Crippen LogP contribution in [-0.2, 0) is 0 Å². The quantitative estimate of drug-likeness (QED) is 0.710. The van der Waals surface area contributed by atoms with E-state index < -0.39 is 0 Å². The lowest BCUT2D eigenvalue weighted by Crippen LogP contribution is -2.27. The van der Waals surface area contributed by atoms with Crippen molar-refractivity contribution < 1.29 is 9.53 Å². The van der Waals surface area contributed by atoms with E-state index in [0.29, 0.717) is 17.3 Å². The van der Waals surface area contributed by atoms with Gasteiger partial charge < -0.3 is 15.4 Å². The standard InChI is InChI=1S/C20H20N4O2/c1-14(15-8-4-3-5-9-15)23-20(25)17-12-19(22-13-21-17)24-16-10-6-7-11-18(16)26-2/h3-14H,1-2H3,(H,23,25)(H,21,22,24). The number of amides is 1. The van der Waals surface area contributed by atoms with Crippen LogP contribution < -0.4 is 15.4 Å². The lowest BCUT2D eigenvalue weighted by atomic mass is 10.1. The van der Waals surface area contributed by atoms with E-state index in [4.69, 9.17) is 4.74 Å². The molecule has 3 rings (SSSR count). The third-order valence-corrected chi connectivity index (χ3v) is 3.92. The highest BCUT2D eigenvalue weighted by atomic mass is 16.5. The van der Waals surface area contributed by atoms with Crippen LogP contribution in [0.3, 0.4) is 0 Å². The van der Waals surface area contributed by atoms with Crippen LogP contribution in [0, 0.1) is 0 Å². The molecule has 0 fully saturated rings. The van der Waals surface area contributed by atoms with E-state index in [1.807, 2.05) is 61.5 Å². The fourth-order valence-electron chi connectivity index (χ4n) is 2.53. The van der Waals surface area contributed by atoms with Crippen molar-refractivity contribution in [2.75, 3.05) is 12.4 Å². The van der Waals surface area contributed by atoms with Gasteiger partial charge in [-0.05, 0) is 24.6 Å². The van der Waals surface area contributed by atoms with Gasteiger partial charge in [-0.15, -0.1) is 0 Å². The average Bonchev–Trinajstić information content (AvgIpc) is 2.69. The van der Waals surface area contributed by atoms with Gasteiger partial charge in [-0.1, -0.05) is 42.5 Å². The SMILES string of the molecule is COc1ccccc1Nc1cc(C(=O)NC(C)c2ccccc2)ncn1. The van der Waals surface area contributed by atoms with Crippen molar-refractivity contribution in [1.29, 1.82) is 0 Å². The number of aromatic nitrogens is 2. The maximum Gasteiger partial charge on any atom is 0.270 e. The Kier molecular flexibility index (Phi) is 5.43. The Morgan fingerprint density at radius 2 is 1.77 bits per heavy atom. The number of hydrogen-bond acceptors (Lipinski definition) is 5. The monoisotopic (exact) mass is 348 g/mol. The first-order chi connectivity index (χ1) is 12.7. The third-order valence-electron chi connectivity index (χ3n) is 3.92. The summed E-state index contributed by atoms with van der Waals surface area (Å²) in [5.74, 6) is 0.948. The number of nitrogens with one attached hydrogen (secondary N) is 2. The number of methoxy groups -OCH3 is 1. The largest absolute Gasteiger partial charge is 0.495 e. The Morgan fingerprint density at radius 1 is 1.04 bits per heavy atom. The number of nitrogens with zero attached hydrogens (tertiary/aromatic N) is 2. The summed E-state index contributed by atoms with van der Waals surface area (Å²) in [6.45, 7) is 1.93. The predicted molar refractivity (Wildman–Crippen MR) is 101 cm³/mol. The first-order valence-corrected chi connectivity index (χ1v) is 8.25. The molecule has 1 atom stereocenters. The molecule has 26 heavy (non-hydrogen) atoms. The summed E-state index contributed by atoms with van der Waals surface area (Å²) in [4.78, 5) is 20.8. The summed E-state index contributed by atoms with van der Waals surface area (Å²) in [5, 5.41) is 6.09. The Hall–Kier alpha value is -3.41. The number of para-hydroxylation sites is 2. The zero-order chi connectivity index (χ0) is 18.4. The van der Waals surface area contributed by atoms with E-state index in [1.165, 1.54) is 6.33 Å². The molecular formula is C20H20N4O2. The molecular weight excluding hydrogens is 328 g/mol. The van der Waals surface area contributed by atoms with Crippen LogP contribution in [0.25, 0.3) is 0 Å². The molecule has 0 saturated heterocycles. The number of rotatable bonds is 6. The molecule has 6 nitrogen and oxygen atoms in total. The number of anilines is 2. The molecule has 0 bridgehead atoms. The summed E-state index contributed by atoms with van der Waals surface area (Å²) in [7, 11) is 1.60. The molecule has 1 amide bonds. The second-order valence-electron chi connectivity index (χ2n) is 5.72. The average molecular weight is 348 g/mol. The molecule has 1 heterocycles. The van der Waals surface area contributed by atoms with Gasteiger partial charge in [0.1, 0.15) is 23.6 Å². The molecule has 2 aromatic carbocycles. The van der Waals surface area contributed by atoms with Crippen LogP contribution in [0.15, 0.2) is 67.0 Å². The summed E-state index contributed by atoms with van der Waals surface area (Å²) in [5.41, 5.74) is 2.08. The van der Waals surface area contributed by atoms with Crippen LogP contribution in [0.5, 0.6) is 5.75 Å². The number of carbonyl (C=O) groups excluding carboxylic acids is 1. The molecule has 6 heteroatoms. The van der Waals surface area contributed by atoms with Crippen molar-refractivity contribution in [2.24, 2.45) is 0 Å². The van der Waals surface area contributed by atoms with E-state index in [9.17, 15) is 4.79 Å². The van der Waals surface area contributed by atoms with E-state index in [1.54, 1.807) is 13.2 Å². The molecule has 0 aliphatic carbocycles. The fourth-order valence-corrected chi connectivity index (χ4v) is 2.53. The number of benzene rings is 2. The number of carbonyl (C=O) groups is 1. The molecule has 132 valence electrons. The molecule has 0 aliphatic rings. The highest BCUT2D eigenvalue weighted by Gasteiger charge is 2.13. The molecule has 1 unspecified atom stereocenters. The lowest BCUT2D eigenvalue weighted by Gasteiger charge is -2.14. The van der Waals surface area contributed by atoms with Gasteiger partial charge in [-0.25, -0.2) is 9.97 Å². The van der Waals surface area contributed by atoms with Gasteiger partial charge >= 0.3 is 0 Å². The maximum atomic E-state index is 12.5. The van der Waals surface area contributed by atoms with Crippen molar-refractivity contribution in [1.82, 2.24) is 15.3 Å². The normalized spacial score (nSPS) is 11.5. The summed E-state index contributed by atoms with van der Waals surface area (Å²) < 4.78 is 5.31. The van der Waals surface area contributed by atoms with Crippen molar-refractivity contribution in [3.8, 4) is 5.75 Å². The third kappa shape index (κ3) is 4.16. The number of ether oxygens (including phenoxy) is 1. The molecule has 3 aromatic rings. The Morgan fingerprint density at radius 3 is 2.54 bits per heavy atom. The van der Waals surface area contributed by atoms with Gasteiger partial charge in [0.15, 0.2) is 0 Å². The molecule has 0 aliphatic heterocycles. The minimum atomic E-state index is -0.258. The summed E-state index contributed by atoms with van der Waals surface area (Å²) in [6.07, 6.45) is 1.36. The van der Waals surface area contributed by atoms with Gasteiger partial charge in [0, 0.05) is 6.07 Å². The minimum Gasteiger partial charge on any atom is -0.495 e. The van der Waals surface area contributed by atoms with Gasteiger partial charge in [0.05, 0.1) is 18.8 Å². The van der Waals surface area contributed by atoms with Crippen LogP contribution >= 0.6 is 0 Å². The first-order valence-electron chi connectivity index (χ1n) is 8.25. The maximum absolute atomic E-state index is 12.5. The van der Waals surface area contributed by atoms with Crippen LogP contribution in [-0.4, -0.2) is 23.0 Å². The second-order valence-corrected chi connectivity index (χ2v) is 5.72. The zero-order valence-corrected chi connectivity index (χ0v) is 14.6. The van der Waals surface area contributed by atoms with E-state index in [-0.39, 0.29) is 11.9 Å². The van der Waals surface area contributed by atoms with Crippen molar-refractivity contribution in [3.63, 3.8) is 0 Å². The zero-order valence-electron chi connectivity index (χ0n) is 14.6. The Bertz CT molecular complexity index is 884. The minimum absolute atomic E-state index is 0.121. The molecule has 1 aromatic heterocycles. The highest BCUT2D eigenvalue weighted by Crippen LogP contribution is 2.26. The predicted octanol–water partition coefficient (Wildman–Crippen LogP) is 3.72. The van der Waals surface area contributed by atoms with E-state index >= 15 is 0 Å². The topological polar surface area (TPSA) is 76.1 Å². The first kappa shape index (κ1) is 17.4. The van der Waals surface area contributed by atoms with Gasteiger partial charge in [-0.3, -0.25) is 4.79 Å². The molecule has 2 N–H and O–H groups in total. The van der Waals surface area contributed by atoms with Crippen LogP contribution in [0.2, 0.25) is 0 Å². The smallest absolute Gasteiger partial charge is 0.270 e. The Labute approximate surface area is 152 Å². The van der Waals surface area contributed by atoms with Gasteiger partial charge in [-0.2, -0.15) is 0 Å². The van der Waals surface area contributed by atoms with Crippen molar-refractivity contribution in [3.05, 3.63) is 78.2 Å². The molecule has 0 radical (unpaired) electrons. The van der Waals surface area contributed by atoms with Gasteiger partial charge in [0.2, 0.25) is 0 Å². The van der Waals surface area contributed by atoms with Crippen LogP contribution in [0.4, 0.5) is 11.5 Å². The molecule has 0 spiro atoms. The highest BCUT2D eigenvalue weighted by molar-refractivity contribution is 5.93. The van der Waals surface area contributed by atoms with E-state index in [2.05, 4.69) is 20.6 Å². The van der Waals surface area contributed by atoms with Crippen molar-refractivity contribution >= 4 is 17.4 Å². The summed E-state index contributed by atoms with van der Waals surface area (Å²) >= 11 is 0. The lowest BCUT2D eigenvalue weighted by molar-refractivity contribution is 0.0934. The number of hydrogen-bond donors (Lipinski definition) is 2. The fraction of sp³-hybridized carbons (Fsp3) is 0.150. The molecule has 0 saturated carbocycles. The van der Waals surface area contributed by atoms with Crippen molar-refractivity contribution in [2.45, 2.75) is 13.0 Å². The van der Waals surface area contributed by atoms with Crippen LogP contribution in [0.1, 0.15) is 29.0 Å².